The summed E-state index contributed by atoms with van der Waals surface area (Å²) in [5, 5.41) is 2.91. The Kier molecular flexibility index (Phi) is 5.16. The lowest BCUT2D eigenvalue weighted by Crippen LogP contribution is -2.40. The Morgan fingerprint density at radius 3 is 2.59 bits per heavy atom. The van der Waals surface area contributed by atoms with Crippen LogP contribution in [0.5, 0.6) is 0 Å². The molecule has 1 rings (SSSR count). The highest BCUT2D eigenvalue weighted by Gasteiger charge is 2.19. The first-order valence-corrected chi connectivity index (χ1v) is 6.24. The molecule has 94 valence electrons. The van der Waals surface area contributed by atoms with Crippen molar-refractivity contribution in [1.82, 2.24) is 0 Å². The van der Waals surface area contributed by atoms with Crippen molar-refractivity contribution >= 4 is 11.6 Å². The van der Waals surface area contributed by atoms with Crippen LogP contribution in [0.4, 0.5) is 5.69 Å². The highest BCUT2D eigenvalue weighted by Crippen LogP contribution is 2.16. The summed E-state index contributed by atoms with van der Waals surface area (Å²) in [6.07, 6.45) is 1.80. The third kappa shape index (κ3) is 3.56. The number of hydrogen-bond acceptors (Lipinski definition) is 2. The zero-order valence-electron chi connectivity index (χ0n) is 10.9. The van der Waals surface area contributed by atoms with E-state index in [4.69, 9.17) is 5.73 Å². The molecule has 0 bridgehead atoms. The molecule has 0 spiro atoms. The van der Waals surface area contributed by atoms with Crippen molar-refractivity contribution in [3.05, 3.63) is 29.8 Å². The minimum atomic E-state index is -0.440. The lowest BCUT2D eigenvalue weighted by molar-refractivity contribution is -0.118. The maximum absolute atomic E-state index is 11.9. The molecule has 0 saturated carbocycles. The molecule has 3 nitrogen and oxygen atoms in total. The Balaban J connectivity index is 2.74. The second kappa shape index (κ2) is 6.40. The van der Waals surface area contributed by atoms with E-state index in [-0.39, 0.29) is 11.8 Å². The van der Waals surface area contributed by atoms with Crippen LogP contribution in [0.2, 0.25) is 0 Å². The predicted molar refractivity (Wildman–Crippen MR) is 71.9 cm³/mol. The van der Waals surface area contributed by atoms with Crippen LogP contribution in [0, 0.1) is 5.92 Å². The molecule has 1 amide bonds. The van der Waals surface area contributed by atoms with Gasteiger partial charge < -0.3 is 11.1 Å². The van der Waals surface area contributed by atoms with Crippen LogP contribution in [-0.4, -0.2) is 11.9 Å². The first kappa shape index (κ1) is 13.7. The van der Waals surface area contributed by atoms with Gasteiger partial charge in [-0.05, 0) is 24.0 Å². The maximum atomic E-state index is 11.9. The Hall–Kier alpha value is -1.35. The van der Waals surface area contributed by atoms with E-state index in [1.54, 1.807) is 0 Å². The molecular weight excluding hydrogens is 212 g/mol. The molecule has 3 heteroatoms. The van der Waals surface area contributed by atoms with Gasteiger partial charge in [-0.15, -0.1) is 0 Å². The second-order valence-electron chi connectivity index (χ2n) is 4.41. The van der Waals surface area contributed by atoms with Crippen molar-refractivity contribution in [3.63, 3.8) is 0 Å². The summed E-state index contributed by atoms with van der Waals surface area (Å²) in [5.74, 6) is 0.101. The van der Waals surface area contributed by atoms with Crippen LogP contribution in [0.3, 0.4) is 0 Å². The van der Waals surface area contributed by atoms with E-state index in [1.807, 2.05) is 38.1 Å². The number of amides is 1. The lowest BCUT2D eigenvalue weighted by Gasteiger charge is -2.18. The van der Waals surface area contributed by atoms with Gasteiger partial charge in [-0.3, -0.25) is 4.79 Å². The number of rotatable bonds is 5. The van der Waals surface area contributed by atoms with Gasteiger partial charge in [-0.25, -0.2) is 0 Å². The predicted octanol–water partition coefficient (Wildman–Crippen LogP) is 2.56. The van der Waals surface area contributed by atoms with Gasteiger partial charge in [0.2, 0.25) is 5.91 Å². The van der Waals surface area contributed by atoms with E-state index in [9.17, 15) is 4.79 Å². The summed E-state index contributed by atoms with van der Waals surface area (Å²) in [5.41, 5.74) is 7.91. The van der Waals surface area contributed by atoms with E-state index in [1.165, 1.54) is 0 Å². The summed E-state index contributed by atoms with van der Waals surface area (Å²) in [6.45, 7) is 6.10. The molecule has 0 aliphatic rings. The van der Waals surface area contributed by atoms with Crippen molar-refractivity contribution < 1.29 is 4.79 Å². The number of nitrogens with two attached hydrogens (primary N) is 1. The first-order valence-electron chi connectivity index (χ1n) is 6.24. The summed E-state index contributed by atoms with van der Waals surface area (Å²) < 4.78 is 0. The largest absolute Gasteiger partial charge is 0.324 e. The molecule has 1 aromatic rings. The first-order chi connectivity index (χ1) is 8.10. The molecule has 0 fully saturated rings. The van der Waals surface area contributed by atoms with E-state index >= 15 is 0 Å². The average molecular weight is 234 g/mol. The van der Waals surface area contributed by atoms with Gasteiger partial charge in [0.25, 0.3) is 0 Å². The number of para-hydroxylation sites is 1. The molecule has 0 aromatic heterocycles. The van der Waals surface area contributed by atoms with Gasteiger partial charge in [0.1, 0.15) is 0 Å². The minimum absolute atomic E-state index is 0.0970. The third-order valence-electron chi connectivity index (χ3n) is 3.22. The van der Waals surface area contributed by atoms with Crippen LogP contribution in [-0.2, 0) is 11.2 Å². The van der Waals surface area contributed by atoms with Crippen molar-refractivity contribution in [3.8, 4) is 0 Å². The van der Waals surface area contributed by atoms with E-state index in [0.717, 1.165) is 24.1 Å². The molecule has 17 heavy (non-hydrogen) atoms. The smallest absolute Gasteiger partial charge is 0.241 e. The normalized spacial score (nSPS) is 14.1. The lowest BCUT2D eigenvalue weighted by atomic mass is 9.99. The average Bonchev–Trinajstić information content (AvgIpc) is 2.37. The van der Waals surface area contributed by atoms with Crippen molar-refractivity contribution in [1.29, 1.82) is 0 Å². The molecule has 2 atom stereocenters. The fourth-order valence-electron chi connectivity index (χ4n) is 1.68. The van der Waals surface area contributed by atoms with Gasteiger partial charge >= 0.3 is 0 Å². The Morgan fingerprint density at radius 2 is 2.00 bits per heavy atom. The zero-order valence-corrected chi connectivity index (χ0v) is 10.9. The summed E-state index contributed by atoms with van der Waals surface area (Å²) >= 11 is 0. The molecular formula is C14H22N2O. The van der Waals surface area contributed by atoms with Gasteiger partial charge in [-0.1, -0.05) is 45.4 Å². The quantitative estimate of drug-likeness (QED) is 0.822. The van der Waals surface area contributed by atoms with Crippen LogP contribution in [0.1, 0.15) is 32.8 Å². The van der Waals surface area contributed by atoms with Gasteiger partial charge in [0.15, 0.2) is 0 Å². The molecule has 2 unspecified atom stereocenters. The second-order valence-corrected chi connectivity index (χ2v) is 4.41. The SMILES string of the molecule is CCc1ccccc1NC(=O)C(N)C(C)CC. The van der Waals surface area contributed by atoms with Crippen LogP contribution in [0.15, 0.2) is 24.3 Å². The van der Waals surface area contributed by atoms with Gasteiger partial charge in [0.05, 0.1) is 6.04 Å². The highest BCUT2D eigenvalue weighted by molar-refractivity contribution is 5.95. The summed E-state index contributed by atoms with van der Waals surface area (Å²) in [4.78, 5) is 11.9. The fourth-order valence-corrected chi connectivity index (χ4v) is 1.68. The zero-order chi connectivity index (χ0) is 12.8. The van der Waals surface area contributed by atoms with E-state index in [2.05, 4.69) is 12.2 Å². The Morgan fingerprint density at radius 1 is 1.35 bits per heavy atom. The van der Waals surface area contributed by atoms with Crippen LogP contribution >= 0.6 is 0 Å². The number of anilines is 1. The van der Waals surface area contributed by atoms with Crippen LogP contribution in [0.25, 0.3) is 0 Å². The summed E-state index contributed by atoms with van der Waals surface area (Å²) in [6, 6.07) is 7.39. The van der Waals surface area contributed by atoms with Crippen molar-refractivity contribution in [2.45, 2.75) is 39.7 Å². The Bertz CT molecular complexity index is 376. The molecule has 0 saturated heterocycles. The number of aryl methyl sites for hydroxylation is 1. The number of hydrogen-bond donors (Lipinski definition) is 2. The number of benzene rings is 1. The molecule has 0 aliphatic heterocycles. The van der Waals surface area contributed by atoms with Crippen molar-refractivity contribution in [2.24, 2.45) is 11.7 Å². The van der Waals surface area contributed by atoms with E-state index in [0.29, 0.717) is 0 Å². The third-order valence-corrected chi connectivity index (χ3v) is 3.22. The van der Waals surface area contributed by atoms with Crippen LogP contribution < -0.4 is 11.1 Å². The number of carbonyl (C=O) groups is 1. The van der Waals surface area contributed by atoms with Crippen molar-refractivity contribution in [2.75, 3.05) is 5.32 Å². The minimum Gasteiger partial charge on any atom is -0.324 e. The monoisotopic (exact) mass is 234 g/mol. The molecule has 0 radical (unpaired) electrons. The van der Waals surface area contributed by atoms with E-state index < -0.39 is 6.04 Å². The molecule has 3 N–H and O–H groups in total. The topological polar surface area (TPSA) is 55.1 Å². The van der Waals surface area contributed by atoms with Gasteiger partial charge in [-0.2, -0.15) is 0 Å². The Labute approximate surface area is 103 Å². The highest BCUT2D eigenvalue weighted by atomic mass is 16.2. The molecule has 0 heterocycles. The maximum Gasteiger partial charge on any atom is 0.241 e. The number of nitrogens with one attached hydrogen (secondary N) is 1. The fraction of sp³-hybridized carbons (Fsp3) is 0.500. The standard InChI is InChI=1S/C14H22N2O/c1-4-10(3)13(15)14(17)16-12-9-7-6-8-11(12)5-2/h6-10,13H,4-5,15H2,1-3H3,(H,16,17). The summed E-state index contributed by atoms with van der Waals surface area (Å²) in [7, 11) is 0. The molecule has 0 aliphatic carbocycles. The van der Waals surface area contributed by atoms with Gasteiger partial charge in [0, 0.05) is 5.69 Å². The molecule has 1 aromatic carbocycles. The number of carbonyl (C=O) groups excluding carboxylic acids is 1.